The summed E-state index contributed by atoms with van der Waals surface area (Å²) in [6.07, 6.45) is 2.86. The molecule has 0 amide bonds. The maximum Gasteiger partial charge on any atom is -0.0352 e. The van der Waals surface area contributed by atoms with Crippen LogP contribution < -0.4 is 0 Å². The molecule has 4 atom stereocenters. The van der Waals surface area contributed by atoms with Crippen LogP contribution in [0.2, 0.25) is 0 Å². The van der Waals surface area contributed by atoms with Crippen molar-refractivity contribution in [3.05, 3.63) is 0 Å². The van der Waals surface area contributed by atoms with Gasteiger partial charge in [-0.05, 0) is 41.9 Å². The van der Waals surface area contributed by atoms with Crippen LogP contribution in [0.4, 0.5) is 0 Å². The van der Waals surface area contributed by atoms with Crippen molar-refractivity contribution in [2.24, 2.45) is 35.5 Å². The Morgan fingerprint density at radius 2 is 1.57 bits per heavy atom. The second-order valence-electron chi connectivity index (χ2n) is 5.98. The average molecular weight is 196 g/mol. The van der Waals surface area contributed by atoms with Gasteiger partial charge >= 0.3 is 0 Å². The lowest BCUT2D eigenvalue weighted by atomic mass is 9.79. The van der Waals surface area contributed by atoms with E-state index in [4.69, 9.17) is 0 Å². The molecule has 0 heterocycles. The molecule has 1 rings (SSSR count). The fraction of sp³-hybridized carbons (Fsp3) is 1.00. The SMILES string of the molecule is CCC(C(C)C)C(C)C1CC1C(C)C. The topological polar surface area (TPSA) is 0 Å². The molecule has 0 spiro atoms. The van der Waals surface area contributed by atoms with Crippen LogP contribution in [0.1, 0.15) is 54.4 Å². The predicted octanol–water partition coefficient (Wildman–Crippen LogP) is 4.60. The van der Waals surface area contributed by atoms with Crippen LogP contribution >= 0.6 is 0 Å². The van der Waals surface area contributed by atoms with Crippen molar-refractivity contribution in [3.8, 4) is 0 Å². The van der Waals surface area contributed by atoms with E-state index in [0.29, 0.717) is 0 Å². The van der Waals surface area contributed by atoms with E-state index in [9.17, 15) is 0 Å². The fourth-order valence-corrected chi connectivity index (χ4v) is 3.37. The maximum atomic E-state index is 2.49. The van der Waals surface area contributed by atoms with Gasteiger partial charge in [-0.1, -0.05) is 48.0 Å². The third-order valence-corrected chi connectivity index (χ3v) is 4.43. The molecule has 1 aliphatic rings. The van der Waals surface area contributed by atoms with E-state index in [2.05, 4.69) is 41.5 Å². The van der Waals surface area contributed by atoms with E-state index in [1.807, 2.05) is 0 Å². The minimum Gasteiger partial charge on any atom is -0.0651 e. The van der Waals surface area contributed by atoms with Gasteiger partial charge in [-0.15, -0.1) is 0 Å². The molecule has 0 bridgehead atoms. The Morgan fingerprint density at radius 1 is 1.00 bits per heavy atom. The van der Waals surface area contributed by atoms with E-state index < -0.39 is 0 Å². The zero-order chi connectivity index (χ0) is 10.9. The smallest absolute Gasteiger partial charge is 0.0352 e. The standard InChI is InChI=1S/C14H28/c1-7-12(9(2)3)11(6)14-8-13(14)10(4)5/h9-14H,7-8H2,1-6H3. The molecule has 4 unspecified atom stereocenters. The molecule has 0 saturated heterocycles. The minimum atomic E-state index is 0.864. The van der Waals surface area contributed by atoms with Crippen molar-refractivity contribution < 1.29 is 0 Å². The Kier molecular flexibility index (Phi) is 4.04. The summed E-state index contributed by atoms with van der Waals surface area (Å²) in [5.41, 5.74) is 0. The van der Waals surface area contributed by atoms with Crippen LogP contribution in [-0.2, 0) is 0 Å². The summed E-state index contributed by atoms with van der Waals surface area (Å²) in [6, 6.07) is 0. The first-order valence-corrected chi connectivity index (χ1v) is 6.49. The highest BCUT2D eigenvalue weighted by Gasteiger charge is 2.44. The monoisotopic (exact) mass is 196 g/mol. The first kappa shape index (κ1) is 12.1. The number of hydrogen-bond donors (Lipinski definition) is 0. The zero-order valence-corrected chi connectivity index (χ0v) is 10.9. The summed E-state index contributed by atoms with van der Waals surface area (Å²) >= 11 is 0. The molecule has 0 N–H and O–H groups in total. The molecule has 0 aromatic heterocycles. The largest absolute Gasteiger partial charge is 0.0651 e. The van der Waals surface area contributed by atoms with Crippen molar-refractivity contribution in [2.45, 2.75) is 54.4 Å². The van der Waals surface area contributed by atoms with Crippen LogP contribution in [0.25, 0.3) is 0 Å². The summed E-state index contributed by atoms with van der Waals surface area (Å²) in [5.74, 6) is 5.76. The van der Waals surface area contributed by atoms with Gasteiger partial charge in [-0.25, -0.2) is 0 Å². The van der Waals surface area contributed by atoms with E-state index in [1.165, 1.54) is 12.8 Å². The van der Waals surface area contributed by atoms with Crippen molar-refractivity contribution in [3.63, 3.8) is 0 Å². The van der Waals surface area contributed by atoms with Gasteiger partial charge in [0.25, 0.3) is 0 Å². The Balaban J connectivity index is 2.45. The van der Waals surface area contributed by atoms with Gasteiger partial charge in [0.1, 0.15) is 0 Å². The molecule has 84 valence electrons. The van der Waals surface area contributed by atoms with Crippen molar-refractivity contribution in [1.82, 2.24) is 0 Å². The summed E-state index contributed by atoms with van der Waals surface area (Å²) < 4.78 is 0. The summed E-state index contributed by atoms with van der Waals surface area (Å²) in [5, 5.41) is 0. The lowest BCUT2D eigenvalue weighted by Crippen LogP contribution is -2.19. The quantitative estimate of drug-likeness (QED) is 0.603. The van der Waals surface area contributed by atoms with Crippen LogP contribution in [0.15, 0.2) is 0 Å². The zero-order valence-electron chi connectivity index (χ0n) is 10.9. The third-order valence-electron chi connectivity index (χ3n) is 4.43. The molecule has 14 heavy (non-hydrogen) atoms. The van der Waals surface area contributed by atoms with Crippen LogP contribution in [-0.4, -0.2) is 0 Å². The molecular formula is C14H28. The summed E-state index contributed by atoms with van der Waals surface area (Å²) in [7, 11) is 0. The van der Waals surface area contributed by atoms with E-state index in [0.717, 1.165) is 35.5 Å². The van der Waals surface area contributed by atoms with E-state index in [1.54, 1.807) is 0 Å². The van der Waals surface area contributed by atoms with Crippen molar-refractivity contribution in [2.75, 3.05) is 0 Å². The first-order valence-electron chi connectivity index (χ1n) is 6.49. The lowest BCUT2D eigenvalue weighted by molar-refractivity contribution is 0.224. The van der Waals surface area contributed by atoms with Gasteiger partial charge in [0.2, 0.25) is 0 Å². The fourth-order valence-electron chi connectivity index (χ4n) is 3.37. The van der Waals surface area contributed by atoms with Crippen LogP contribution in [0, 0.1) is 35.5 Å². The second kappa shape index (κ2) is 4.68. The van der Waals surface area contributed by atoms with Crippen LogP contribution in [0.3, 0.4) is 0 Å². The normalized spacial score (nSPS) is 30.9. The van der Waals surface area contributed by atoms with E-state index >= 15 is 0 Å². The average Bonchev–Trinajstić information content (AvgIpc) is 2.82. The first-order chi connectivity index (χ1) is 6.49. The summed E-state index contributed by atoms with van der Waals surface area (Å²) in [4.78, 5) is 0. The Bertz CT molecular complexity index is 169. The van der Waals surface area contributed by atoms with Gasteiger partial charge < -0.3 is 0 Å². The van der Waals surface area contributed by atoms with Crippen molar-refractivity contribution >= 4 is 0 Å². The Hall–Kier alpha value is 0. The molecule has 0 heteroatoms. The molecule has 0 aromatic rings. The minimum absolute atomic E-state index is 0.864. The lowest BCUT2D eigenvalue weighted by Gasteiger charge is -2.27. The van der Waals surface area contributed by atoms with Gasteiger partial charge in [0, 0.05) is 0 Å². The molecule has 0 aromatic carbocycles. The highest BCUT2D eigenvalue weighted by atomic mass is 14.5. The second-order valence-corrected chi connectivity index (χ2v) is 5.98. The molecule has 1 saturated carbocycles. The van der Waals surface area contributed by atoms with Gasteiger partial charge in [0.15, 0.2) is 0 Å². The highest BCUT2D eigenvalue weighted by molar-refractivity contribution is 4.93. The van der Waals surface area contributed by atoms with E-state index in [-0.39, 0.29) is 0 Å². The molecule has 1 aliphatic carbocycles. The van der Waals surface area contributed by atoms with Gasteiger partial charge in [-0.2, -0.15) is 0 Å². The summed E-state index contributed by atoms with van der Waals surface area (Å²) in [6.45, 7) is 14.4. The molecule has 0 radical (unpaired) electrons. The molecule has 0 aliphatic heterocycles. The van der Waals surface area contributed by atoms with Crippen LogP contribution in [0.5, 0.6) is 0 Å². The maximum absolute atomic E-state index is 2.49. The predicted molar refractivity (Wildman–Crippen MR) is 64.2 cm³/mol. The number of rotatable bonds is 5. The molecular weight excluding hydrogens is 168 g/mol. The Morgan fingerprint density at radius 3 is 1.86 bits per heavy atom. The van der Waals surface area contributed by atoms with Crippen molar-refractivity contribution in [1.29, 1.82) is 0 Å². The third kappa shape index (κ3) is 2.52. The molecule has 1 fully saturated rings. The molecule has 0 nitrogen and oxygen atoms in total. The number of hydrogen-bond acceptors (Lipinski definition) is 0. The van der Waals surface area contributed by atoms with Gasteiger partial charge in [0.05, 0.1) is 0 Å². The Labute approximate surface area is 90.5 Å². The highest BCUT2D eigenvalue weighted by Crippen LogP contribution is 2.52. The van der Waals surface area contributed by atoms with Gasteiger partial charge in [-0.3, -0.25) is 0 Å².